The zero-order valence-corrected chi connectivity index (χ0v) is 18.7. The molecule has 0 bridgehead atoms. The number of nitrogens with two attached hydrogens (primary N) is 1. The van der Waals surface area contributed by atoms with E-state index in [1.165, 1.54) is 28.6 Å². The van der Waals surface area contributed by atoms with Crippen LogP contribution >= 0.6 is 0 Å². The number of aromatic nitrogens is 5. The zero-order valence-electron chi connectivity index (χ0n) is 18.7. The van der Waals surface area contributed by atoms with E-state index in [4.69, 9.17) is 5.73 Å². The van der Waals surface area contributed by atoms with Crippen LogP contribution in [0.5, 0.6) is 0 Å². The molecule has 2 aromatic carbocycles. The monoisotopic (exact) mass is 462 g/mol. The van der Waals surface area contributed by atoms with E-state index in [1.807, 2.05) is 12.1 Å². The molecule has 4 aromatic rings. The summed E-state index contributed by atoms with van der Waals surface area (Å²) in [6.07, 6.45) is 2.87. The third kappa shape index (κ3) is 4.37. The Morgan fingerprint density at radius 1 is 1.00 bits per heavy atom. The lowest BCUT2D eigenvalue weighted by Crippen LogP contribution is -2.43. The van der Waals surface area contributed by atoms with Gasteiger partial charge in [-0.25, -0.2) is 18.7 Å². The fraction of sp³-hybridized carbons (Fsp3) is 0.250. The molecule has 0 unspecified atom stereocenters. The Morgan fingerprint density at radius 3 is 2.53 bits per heavy atom. The first-order valence-electron chi connectivity index (χ1n) is 11.0. The topological polar surface area (TPSA) is 89.0 Å². The van der Waals surface area contributed by atoms with Crippen molar-refractivity contribution < 1.29 is 8.78 Å². The van der Waals surface area contributed by atoms with Crippen molar-refractivity contribution in [2.24, 2.45) is 0 Å². The van der Waals surface area contributed by atoms with Gasteiger partial charge in [0.2, 0.25) is 0 Å². The Labute approximate surface area is 195 Å². The molecular weight excluding hydrogens is 438 g/mol. The molecule has 1 aliphatic rings. The highest BCUT2D eigenvalue weighted by atomic mass is 19.2. The molecule has 34 heavy (non-hydrogen) atoms. The van der Waals surface area contributed by atoms with Crippen LogP contribution in [0.1, 0.15) is 5.56 Å². The summed E-state index contributed by atoms with van der Waals surface area (Å²) in [5, 5.41) is 7.90. The molecule has 0 atom stereocenters. The number of anilines is 1. The van der Waals surface area contributed by atoms with Crippen LogP contribution in [0.3, 0.4) is 0 Å². The fourth-order valence-electron chi connectivity index (χ4n) is 4.00. The van der Waals surface area contributed by atoms with Crippen LogP contribution in [0.2, 0.25) is 0 Å². The lowest BCUT2D eigenvalue weighted by atomic mass is 10.1. The molecule has 1 saturated heterocycles. The predicted molar refractivity (Wildman–Crippen MR) is 125 cm³/mol. The van der Waals surface area contributed by atoms with E-state index in [-0.39, 0.29) is 23.0 Å². The standard InChI is InChI=1S/C24H24F2N8/c1-32-9-11-33(12-10-32)14-16-5-7-17(8-6-16)19-13-28-23(27)22(30-19)24-31-29-15-34(24)20-4-2-3-18(25)21(20)26/h2-8,13,15H,9-12,14H2,1H3,(H2,27,28). The molecule has 5 rings (SSSR count). The van der Waals surface area contributed by atoms with Crippen molar-refractivity contribution >= 4 is 5.82 Å². The molecule has 10 heteroatoms. The van der Waals surface area contributed by atoms with E-state index in [0.717, 1.165) is 44.4 Å². The number of halogens is 2. The van der Waals surface area contributed by atoms with Gasteiger partial charge in [-0.1, -0.05) is 30.3 Å². The molecule has 0 radical (unpaired) electrons. The van der Waals surface area contributed by atoms with Crippen molar-refractivity contribution in [3.63, 3.8) is 0 Å². The Morgan fingerprint density at radius 2 is 1.76 bits per heavy atom. The van der Waals surface area contributed by atoms with Gasteiger partial charge in [0, 0.05) is 38.3 Å². The van der Waals surface area contributed by atoms with Crippen LogP contribution in [-0.4, -0.2) is 67.8 Å². The molecule has 1 fully saturated rings. The largest absolute Gasteiger partial charge is 0.382 e. The van der Waals surface area contributed by atoms with Crippen molar-refractivity contribution in [3.8, 4) is 28.5 Å². The molecule has 0 saturated carbocycles. The highest BCUT2D eigenvalue weighted by Gasteiger charge is 2.19. The van der Waals surface area contributed by atoms with Gasteiger partial charge in [0.25, 0.3) is 0 Å². The second-order valence-electron chi connectivity index (χ2n) is 8.36. The smallest absolute Gasteiger partial charge is 0.190 e. The maximum absolute atomic E-state index is 14.4. The Hall–Kier alpha value is -3.76. The Bertz CT molecular complexity index is 1300. The van der Waals surface area contributed by atoms with Crippen LogP contribution in [0, 0.1) is 11.6 Å². The van der Waals surface area contributed by atoms with Gasteiger partial charge in [-0.3, -0.25) is 9.47 Å². The van der Waals surface area contributed by atoms with Crippen LogP contribution in [0.25, 0.3) is 28.5 Å². The summed E-state index contributed by atoms with van der Waals surface area (Å²) >= 11 is 0. The van der Waals surface area contributed by atoms with Gasteiger partial charge < -0.3 is 10.6 Å². The van der Waals surface area contributed by atoms with Gasteiger partial charge >= 0.3 is 0 Å². The summed E-state index contributed by atoms with van der Waals surface area (Å²) in [4.78, 5) is 13.7. The summed E-state index contributed by atoms with van der Waals surface area (Å²) in [7, 11) is 2.14. The van der Waals surface area contributed by atoms with Crippen molar-refractivity contribution in [1.29, 1.82) is 0 Å². The first kappa shape index (κ1) is 22.1. The number of rotatable bonds is 5. The second kappa shape index (κ2) is 9.24. The predicted octanol–water partition coefficient (Wildman–Crippen LogP) is 3.00. The van der Waals surface area contributed by atoms with E-state index in [1.54, 1.807) is 6.20 Å². The fourth-order valence-corrected chi connectivity index (χ4v) is 4.00. The quantitative estimate of drug-likeness (QED) is 0.488. The molecule has 1 aliphatic heterocycles. The molecule has 8 nitrogen and oxygen atoms in total. The van der Waals surface area contributed by atoms with E-state index < -0.39 is 11.6 Å². The van der Waals surface area contributed by atoms with Gasteiger partial charge in [0.05, 0.1) is 17.6 Å². The second-order valence-corrected chi connectivity index (χ2v) is 8.36. The number of piperazine rings is 1. The first-order chi connectivity index (χ1) is 16.5. The van der Waals surface area contributed by atoms with Gasteiger partial charge in [-0.15, -0.1) is 10.2 Å². The highest BCUT2D eigenvalue weighted by Crippen LogP contribution is 2.28. The summed E-state index contributed by atoms with van der Waals surface area (Å²) in [6.45, 7) is 5.16. The average Bonchev–Trinajstić information content (AvgIpc) is 3.33. The Balaban J connectivity index is 1.42. The van der Waals surface area contributed by atoms with E-state index in [0.29, 0.717) is 5.69 Å². The van der Waals surface area contributed by atoms with Crippen LogP contribution in [0.4, 0.5) is 14.6 Å². The minimum atomic E-state index is -1.01. The van der Waals surface area contributed by atoms with Crippen LogP contribution in [-0.2, 0) is 6.54 Å². The lowest BCUT2D eigenvalue weighted by Gasteiger charge is -2.32. The third-order valence-electron chi connectivity index (χ3n) is 6.00. The minimum Gasteiger partial charge on any atom is -0.382 e. The average molecular weight is 463 g/mol. The number of benzene rings is 2. The molecule has 2 N–H and O–H groups in total. The van der Waals surface area contributed by atoms with E-state index in [2.05, 4.69) is 49.1 Å². The van der Waals surface area contributed by atoms with E-state index in [9.17, 15) is 8.78 Å². The normalized spacial score (nSPS) is 15.0. The number of hydrogen-bond acceptors (Lipinski definition) is 7. The van der Waals surface area contributed by atoms with Crippen LogP contribution in [0.15, 0.2) is 55.0 Å². The van der Waals surface area contributed by atoms with Gasteiger partial charge in [0.15, 0.2) is 29.0 Å². The molecule has 174 valence electrons. The number of nitrogen functional groups attached to an aromatic ring is 1. The number of hydrogen-bond donors (Lipinski definition) is 1. The summed E-state index contributed by atoms with van der Waals surface area (Å²) in [5.74, 6) is -1.70. The SMILES string of the molecule is CN1CCN(Cc2ccc(-c3cnc(N)c(-c4nncn4-c4cccc(F)c4F)n3)cc2)CC1. The highest BCUT2D eigenvalue weighted by molar-refractivity contribution is 5.70. The number of likely N-dealkylation sites (N-methyl/N-ethyl adjacent to an activating group) is 1. The van der Waals surface area contributed by atoms with Gasteiger partial charge in [0.1, 0.15) is 6.33 Å². The maximum atomic E-state index is 14.4. The molecule has 2 aromatic heterocycles. The van der Waals surface area contributed by atoms with Crippen molar-refractivity contribution in [1.82, 2.24) is 34.5 Å². The molecule has 0 amide bonds. The number of nitrogens with zero attached hydrogens (tertiary/aromatic N) is 7. The molecule has 0 aliphatic carbocycles. The molecule has 0 spiro atoms. The maximum Gasteiger partial charge on any atom is 0.190 e. The van der Waals surface area contributed by atoms with Crippen molar-refractivity contribution in [2.75, 3.05) is 39.0 Å². The first-order valence-corrected chi connectivity index (χ1v) is 11.0. The van der Waals surface area contributed by atoms with Gasteiger partial charge in [-0.2, -0.15) is 0 Å². The summed E-state index contributed by atoms with van der Waals surface area (Å²) < 4.78 is 29.5. The zero-order chi connectivity index (χ0) is 23.7. The minimum absolute atomic E-state index is 0.0418. The summed E-state index contributed by atoms with van der Waals surface area (Å²) in [5.41, 5.74) is 8.94. The molecular formula is C24H24F2N8. The lowest BCUT2D eigenvalue weighted by molar-refractivity contribution is 0.148. The van der Waals surface area contributed by atoms with Gasteiger partial charge in [-0.05, 0) is 24.7 Å². The van der Waals surface area contributed by atoms with Crippen LogP contribution < -0.4 is 5.73 Å². The van der Waals surface area contributed by atoms with E-state index >= 15 is 0 Å². The Kier molecular flexibility index (Phi) is 5.99. The van der Waals surface area contributed by atoms with Crippen molar-refractivity contribution in [3.05, 3.63) is 72.2 Å². The van der Waals surface area contributed by atoms with Crippen molar-refractivity contribution in [2.45, 2.75) is 6.54 Å². The summed E-state index contributed by atoms with van der Waals surface area (Å²) in [6, 6.07) is 12.0. The third-order valence-corrected chi connectivity index (χ3v) is 6.00. The molecule has 3 heterocycles.